The van der Waals surface area contributed by atoms with Crippen LogP contribution in [0.5, 0.6) is 0 Å². The van der Waals surface area contributed by atoms with E-state index in [4.69, 9.17) is 4.74 Å². The van der Waals surface area contributed by atoms with E-state index in [1.54, 1.807) is 25.3 Å². The number of esters is 1. The van der Waals surface area contributed by atoms with Crippen molar-refractivity contribution in [3.8, 4) is 0 Å². The van der Waals surface area contributed by atoms with E-state index in [9.17, 15) is 13.2 Å². The lowest BCUT2D eigenvalue weighted by Crippen LogP contribution is -2.47. The highest BCUT2D eigenvalue weighted by atomic mass is 32.2. The molecule has 2 atom stereocenters. The molecule has 0 spiro atoms. The van der Waals surface area contributed by atoms with Gasteiger partial charge in [-0.3, -0.25) is 0 Å². The van der Waals surface area contributed by atoms with Gasteiger partial charge in [0.2, 0.25) is 10.0 Å². The van der Waals surface area contributed by atoms with Crippen LogP contribution in [0.3, 0.4) is 0 Å². The Morgan fingerprint density at radius 1 is 1.00 bits per heavy atom. The monoisotopic (exact) mass is 381 g/mol. The van der Waals surface area contributed by atoms with E-state index >= 15 is 0 Å². The van der Waals surface area contributed by atoms with E-state index in [-0.39, 0.29) is 4.90 Å². The summed E-state index contributed by atoms with van der Waals surface area (Å²) in [5.74, 6) is -0.907. The zero-order valence-corrected chi connectivity index (χ0v) is 15.8. The van der Waals surface area contributed by atoms with Crippen LogP contribution in [-0.4, -0.2) is 38.9 Å². The second-order valence-electron chi connectivity index (χ2n) is 6.59. The highest BCUT2D eigenvalue weighted by Gasteiger charge is 2.46. The number of hydrogen-bond acceptors (Lipinski definition) is 4. The molecule has 6 heteroatoms. The van der Waals surface area contributed by atoms with Gasteiger partial charge in [0.05, 0.1) is 18.0 Å². The topological polar surface area (TPSA) is 63.7 Å². The van der Waals surface area contributed by atoms with E-state index in [0.29, 0.717) is 11.1 Å². The maximum atomic E-state index is 13.1. The molecule has 2 aromatic carbocycles. The SMILES string of the molecule is COC(=O)C1=CC=C2c3ccccc3S(=O)(=O)N(C)[C@H]2[C@@H]1c1ccccc1. The van der Waals surface area contributed by atoms with Crippen LogP contribution in [0.15, 0.2) is 77.2 Å². The molecule has 0 bridgehead atoms. The van der Waals surface area contributed by atoms with E-state index in [1.807, 2.05) is 48.5 Å². The van der Waals surface area contributed by atoms with Gasteiger partial charge in [-0.15, -0.1) is 0 Å². The van der Waals surface area contributed by atoms with E-state index in [0.717, 1.165) is 11.1 Å². The Morgan fingerprint density at radius 2 is 1.67 bits per heavy atom. The molecule has 0 saturated carbocycles. The van der Waals surface area contributed by atoms with Crippen LogP contribution in [0.25, 0.3) is 5.57 Å². The number of carbonyl (C=O) groups excluding carboxylic acids is 1. The Bertz CT molecular complexity index is 1070. The zero-order valence-electron chi connectivity index (χ0n) is 15.0. The molecule has 138 valence electrons. The highest BCUT2D eigenvalue weighted by Crippen LogP contribution is 2.47. The molecule has 0 amide bonds. The molecule has 2 aromatic rings. The molecule has 0 fully saturated rings. The maximum absolute atomic E-state index is 13.1. The average molecular weight is 381 g/mol. The predicted octanol–water partition coefficient (Wildman–Crippen LogP) is 2.97. The molecule has 0 unspecified atom stereocenters. The van der Waals surface area contributed by atoms with Gasteiger partial charge in [-0.2, -0.15) is 4.31 Å². The fraction of sp³-hybridized carbons (Fsp3) is 0.190. The zero-order chi connectivity index (χ0) is 19.2. The summed E-state index contributed by atoms with van der Waals surface area (Å²) >= 11 is 0. The third-order valence-electron chi connectivity index (χ3n) is 5.24. The van der Waals surface area contributed by atoms with Crippen LogP contribution >= 0.6 is 0 Å². The Morgan fingerprint density at radius 3 is 2.37 bits per heavy atom. The first-order chi connectivity index (χ1) is 13.0. The lowest BCUT2D eigenvalue weighted by molar-refractivity contribution is -0.136. The minimum Gasteiger partial charge on any atom is -0.466 e. The molecule has 27 heavy (non-hydrogen) atoms. The summed E-state index contributed by atoms with van der Waals surface area (Å²) in [4.78, 5) is 12.7. The Labute approximate surface area is 158 Å². The molecule has 4 rings (SSSR count). The van der Waals surface area contributed by atoms with E-state index in [2.05, 4.69) is 0 Å². The molecule has 1 aliphatic heterocycles. The summed E-state index contributed by atoms with van der Waals surface area (Å²) in [6.45, 7) is 0. The molecule has 5 nitrogen and oxygen atoms in total. The van der Waals surface area contributed by atoms with Crippen molar-refractivity contribution in [2.75, 3.05) is 14.2 Å². The number of benzene rings is 2. The Balaban J connectivity index is 2.00. The number of allylic oxidation sites excluding steroid dienone is 2. The first-order valence-electron chi connectivity index (χ1n) is 8.59. The fourth-order valence-corrected chi connectivity index (χ4v) is 5.52. The third-order valence-corrected chi connectivity index (χ3v) is 7.14. The summed E-state index contributed by atoms with van der Waals surface area (Å²) in [7, 11) is -0.771. The third kappa shape index (κ3) is 2.64. The van der Waals surface area contributed by atoms with Crippen molar-refractivity contribution in [3.63, 3.8) is 0 Å². The molecule has 1 heterocycles. The van der Waals surface area contributed by atoms with Crippen molar-refractivity contribution < 1.29 is 17.9 Å². The first-order valence-corrected chi connectivity index (χ1v) is 10.0. The van der Waals surface area contributed by atoms with E-state index in [1.165, 1.54) is 11.4 Å². The normalized spacial score (nSPS) is 23.5. The number of ether oxygens (including phenoxy) is 1. The summed E-state index contributed by atoms with van der Waals surface area (Å²) in [6, 6.07) is 15.9. The maximum Gasteiger partial charge on any atom is 0.334 e. The molecule has 0 N–H and O–H groups in total. The van der Waals surface area contributed by atoms with Gasteiger partial charge in [-0.25, -0.2) is 13.2 Å². The lowest BCUT2D eigenvalue weighted by atomic mass is 9.76. The number of fused-ring (bicyclic) bond motifs is 3. The fourth-order valence-electron chi connectivity index (χ4n) is 3.96. The largest absolute Gasteiger partial charge is 0.466 e. The van der Waals surface area contributed by atoms with Crippen molar-refractivity contribution >= 4 is 21.6 Å². The quantitative estimate of drug-likeness (QED) is 0.751. The molecule has 0 radical (unpaired) electrons. The van der Waals surface area contributed by atoms with Crippen LogP contribution < -0.4 is 0 Å². The number of methoxy groups -OCH3 is 1. The minimum absolute atomic E-state index is 0.289. The van der Waals surface area contributed by atoms with Crippen molar-refractivity contribution in [1.29, 1.82) is 0 Å². The summed E-state index contributed by atoms with van der Waals surface area (Å²) in [5, 5.41) is 0. The molecule has 1 aliphatic carbocycles. The standard InChI is InChI=1S/C21H19NO4S/c1-22-20-16(15-10-6-7-11-18(15)27(22,24)25)12-13-17(21(23)26-2)19(20)14-8-4-3-5-9-14/h3-13,19-20H,1-2H3/t19-,20-/m1/s1. The van der Waals surface area contributed by atoms with Gasteiger partial charge in [0.15, 0.2) is 0 Å². The van der Waals surface area contributed by atoms with Gasteiger partial charge in [0.1, 0.15) is 0 Å². The van der Waals surface area contributed by atoms with Crippen LogP contribution in [0.2, 0.25) is 0 Å². The van der Waals surface area contributed by atoms with Gasteiger partial charge in [0.25, 0.3) is 0 Å². The van der Waals surface area contributed by atoms with Crippen molar-refractivity contribution in [2.45, 2.75) is 16.9 Å². The van der Waals surface area contributed by atoms with Crippen molar-refractivity contribution in [3.05, 3.63) is 83.4 Å². The number of sulfonamides is 1. The second-order valence-corrected chi connectivity index (χ2v) is 8.55. The second kappa shape index (κ2) is 6.48. The smallest absolute Gasteiger partial charge is 0.334 e. The summed E-state index contributed by atoms with van der Waals surface area (Å²) in [5.41, 5.74) is 2.87. The highest BCUT2D eigenvalue weighted by molar-refractivity contribution is 7.89. The van der Waals surface area contributed by atoms with Crippen molar-refractivity contribution in [2.24, 2.45) is 0 Å². The lowest BCUT2D eigenvalue weighted by Gasteiger charge is -2.42. The number of nitrogens with zero attached hydrogens (tertiary/aromatic N) is 1. The van der Waals surface area contributed by atoms with Crippen LogP contribution in [-0.2, 0) is 19.6 Å². The molecular formula is C21H19NO4S. The van der Waals surface area contributed by atoms with Crippen LogP contribution in [0.1, 0.15) is 17.0 Å². The van der Waals surface area contributed by atoms with Gasteiger partial charge in [-0.1, -0.05) is 60.7 Å². The van der Waals surface area contributed by atoms with Gasteiger partial charge >= 0.3 is 5.97 Å². The summed E-state index contributed by atoms with van der Waals surface area (Å²) < 4.78 is 32.6. The van der Waals surface area contributed by atoms with Gasteiger partial charge < -0.3 is 4.74 Å². The van der Waals surface area contributed by atoms with Gasteiger partial charge in [-0.05, 0) is 22.8 Å². The molecule has 0 aromatic heterocycles. The van der Waals surface area contributed by atoms with Gasteiger partial charge in [0, 0.05) is 18.5 Å². The molecule has 0 saturated heterocycles. The number of rotatable bonds is 2. The predicted molar refractivity (Wildman–Crippen MR) is 102 cm³/mol. The van der Waals surface area contributed by atoms with E-state index < -0.39 is 28.0 Å². The first kappa shape index (κ1) is 17.7. The molecular weight excluding hydrogens is 362 g/mol. The van der Waals surface area contributed by atoms with Crippen molar-refractivity contribution in [1.82, 2.24) is 4.31 Å². The number of carbonyl (C=O) groups is 1. The van der Waals surface area contributed by atoms with Crippen LogP contribution in [0.4, 0.5) is 0 Å². The molecule has 2 aliphatic rings. The van der Waals surface area contributed by atoms with Crippen LogP contribution in [0, 0.1) is 0 Å². The Kier molecular flexibility index (Phi) is 4.25. The average Bonchev–Trinajstić information content (AvgIpc) is 2.71. The Hall–Kier alpha value is -2.70. The number of hydrogen-bond donors (Lipinski definition) is 0. The number of likely N-dealkylation sites (N-methyl/N-ethyl adjacent to an activating group) is 1. The summed E-state index contributed by atoms with van der Waals surface area (Å²) in [6.07, 6.45) is 3.58. The minimum atomic E-state index is -3.67.